The third-order valence-electron chi connectivity index (χ3n) is 4.90. The van der Waals surface area contributed by atoms with Crippen LogP contribution in [0.3, 0.4) is 0 Å². The second-order valence-electron chi connectivity index (χ2n) is 6.83. The number of piperazine rings is 1. The fourth-order valence-electron chi connectivity index (χ4n) is 3.46. The summed E-state index contributed by atoms with van der Waals surface area (Å²) in [5.74, 6) is -0.377. The zero-order valence-corrected chi connectivity index (χ0v) is 14.9. The van der Waals surface area contributed by atoms with E-state index in [1.165, 1.54) is 30.5 Å². The Balaban J connectivity index is 1.37. The number of fused-ring (bicyclic) bond motifs is 1. The van der Waals surface area contributed by atoms with Gasteiger partial charge in [0.25, 0.3) is 0 Å². The van der Waals surface area contributed by atoms with E-state index in [1.807, 2.05) is 4.90 Å². The first-order valence-electron chi connectivity index (χ1n) is 8.90. The maximum Gasteiger partial charge on any atom is 0.433 e. The van der Waals surface area contributed by atoms with Gasteiger partial charge in [0.05, 0.1) is 0 Å². The van der Waals surface area contributed by atoms with Gasteiger partial charge in [0.2, 0.25) is 0 Å². The number of hydrogen-bond donors (Lipinski definition) is 0. The molecule has 0 N–H and O–H groups in total. The van der Waals surface area contributed by atoms with Gasteiger partial charge in [0.15, 0.2) is 5.58 Å². The summed E-state index contributed by atoms with van der Waals surface area (Å²) in [7, 11) is 0. The maximum atomic E-state index is 13.2. The normalized spacial score (nSPS) is 16.7. The molecule has 0 aliphatic carbocycles. The zero-order chi connectivity index (χ0) is 19.7. The van der Waals surface area contributed by atoms with Crippen LogP contribution in [-0.4, -0.2) is 46.1 Å². The van der Waals surface area contributed by atoms with Crippen LogP contribution in [0.25, 0.3) is 11.0 Å². The Kier molecular flexibility index (Phi) is 5.03. The lowest BCUT2D eigenvalue weighted by Crippen LogP contribution is -2.45. The third-order valence-corrected chi connectivity index (χ3v) is 4.90. The number of alkyl halides is 3. The summed E-state index contributed by atoms with van der Waals surface area (Å²) < 4.78 is 57.7. The minimum Gasteiger partial charge on any atom is -0.356 e. The lowest BCUT2D eigenvalue weighted by Gasteiger charge is -2.34. The SMILES string of the molecule is Fc1ccc2c(CN3CCN(Cc4cccnc4C(F)(F)F)CC3)noc2c1. The van der Waals surface area contributed by atoms with E-state index in [0.29, 0.717) is 38.3 Å². The second kappa shape index (κ2) is 7.48. The summed E-state index contributed by atoms with van der Waals surface area (Å²) in [4.78, 5) is 7.65. The van der Waals surface area contributed by atoms with E-state index in [-0.39, 0.29) is 17.9 Å². The average molecular weight is 394 g/mol. The van der Waals surface area contributed by atoms with E-state index < -0.39 is 11.9 Å². The number of halogens is 4. The molecule has 0 amide bonds. The van der Waals surface area contributed by atoms with Crippen molar-refractivity contribution < 1.29 is 22.1 Å². The highest BCUT2D eigenvalue weighted by molar-refractivity contribution is 5.79. The molecule has 1 aromatic carbocycles. The van der Waals surface area contributed by atoms with Crippen molar-refractivity contribution in [2.45, 2.75) is 19.3 Å². The van der Waals surface area contributed by atoms with Crippen LogP contribution in [0, 0.1) is 5.82 Å². The number of pyridine rings is 1. The number of hydrogen-bond acceptors (Lipinski definition) is 5. The van der Waals surface area contributed by atoms with E-state index in [9.17, 15) is 17.6 Å². The maximum absolute atomic E-state index is 13.2. The Morgan fingerprint density at radius 1 is 1.00 bits per heavy atom. The Labute approximate surface area is 158 Å². The predicted molar refractivity (Wildman–Crippen MR) is 93.8 cm³/mol. The molecule has 3 aromatic rings. The van der Waals surface area contributed by atoms with Gasteiger partial charge in [0, 0.05) is 56.9 Å². The molecule has 0 radical (unpaired) electrons. The highest BCUT2D eigenvalue weighted by Crippen LogP contribution is 2.30. The minimum absolute atomic E-state index is 0.188. The Hall–Kier alpha value is -2.52. The molecule has 148 valence electrons. The van der Waals surface area contributed by atoms with Gasteiger partial charge in [-0.05, 0) is 23.8 Å². The molecule has 1 fully saturated rings. The Morgan fingerprint density at radius 2 is 1.71 bits per heavy atom. The number of nitrogens with zero attached hydrogens (tertiary/aromatic N) is 4. The van der Waals surface area contributed by atoms with Crippen LogP contribution in [0.4, 0.5) is 17.6 Å². The quantitative estimate of drug-likeness (QED) is 0.632. The average Bonchev–Trinajstić information content (AvgIpc) is 3.05. The van der Waals surface area contributed by atoms with Crippen molar-refractivity contribution in [2.75, 3.05) is 26.2 Å². The van der Waals surface area contributed by atoms with Gasteiger partial charge in [-0.25, -0.2) is 4.39 Å². The summed E-state index contributed by atoms with van der Waals surface area (Å²) >= 11 is 0. The standard InChI is InChI=1S/C19H18F4N4O/c20-14-3-4-15-16(25-28-17(15)10-14)12-27-8-6-26(7-9-27)11-13-2-1-5-24-18(13)19(21,22)23/h1-5,10H,6-9,11-12H2. The minimum atomic E-state index is -4.45. The Morgan fingerprint density at radius 3 is 2.43 bits per heavy atom. The summed E-state index contributed by atoms with van der Waals surface area (Å²) in [5.41, 5.74) is 0.506. The number of rotatable bonds is 4. The molecule has 0 bridgehead atoms. The van der Waals surface area contributed by atoms with Crippen LogP contribution >= 0.6 is 0 Å². The van der Waals surface area contributed by atoms with Crippen molar-refractivity contribution in [3.05, 3.63) is 59.3 Å². The van der Waals surface area contributed by atoms with Crippen molar-refractivity contribution >= 4 is 11.0 Å². The van der Waals surface area contributed by atoms with Crippen molar-refractivity contribution in [1.29, 1.82) is 0 Å². The highest BCUT2D eigenvalue weighted by atomic mass is 19.4. The van der Waals surface area contributed by atoms with Crippen LogP contribution in [0.2, 0.25) is 0 Å². The summed E-state index contributed by atoms with van der Waals surface area (Å²) in [6.45, 7) is 3.41. The zero-order valence-electron chi connectivity index (χ0n) is 14.9. The number of benzene rings is 1. The molecular weight excluding hydrogens is 376 g/mol. The van der Waals surface area contributed by atoms with Gasteiger partial charge >= 0.3 is 6.18 Å². The van der Waals surface area contributed by atoms with Crippen LogP contribution in [-0.2, 0) is 19.3 Å². The van der Waals surface area contributed by atoms with Crippen LogP contribution in [0.1, 0.15) is 17.0 Å². The van der Waals surface area contributed by atoms with Gasteiger partial charge in [0.1, 0.15) is 17.2 Å². The molecule has 0 saturated carbocycles. The van der Waals surface area contributed by atoms with Gasteiger partial charge < -0.3 is 4.52 Å². The van der Waals surface area contributed by atoms with Crippen molar-refractivity contribution in [3.8, 4) is 0 Å². The van der Waals surface area contributed by atoms with E-state index in [0.717, 1.165) is 11.1 Å². The topological polar surface area (TPSA) is 45.4 Å². The lowest BCUT2D eigenvalue weighted by atomic mass is 10.1. The van der Waals surface area contributed by atoms with Gasteiger partial charge in [-0.2, -0.15) is 13.2 Å². The van der Waals surface area contributed by atoms with Gasteiger partial charge in [-0.1, -0.05) is 11.2 Å². The van der Waals surface area contributed by atoms with E-state index >= 15 is 0 Å². The smallest absolute Gasteiger partial charge is 0.356 e. The highest BCUT2D eigenvalue weighted by Gasteiger charge is 2.35. The number of aromatic nitrogens is 2. The summed E-state index contributed by atoms with van der Waals surface area (Å²) in [6.07, 6.45) is -3.29. The first-order chi connectivity index (χ1) is 13.4. The van der Waals surface area contributed by atoms with Crippen LogP contribution in [0.5, 0.6) is 0 Å². The summed E-state index contributed by atoms with van der Waals surface area (Å²) in [6, 6.07) is 7.32. The molecule has 4 rings (SSSR count). The predicted octanol–water partition coefficient (Wildman–Crippen LogP) is 3.70. The fraction of sp³-hybridized carbons (Fsp3) is 0.368. The molecule has 28 heavy (non-hydrogen) atoms. The van der Waals surface area contributed by atoms with Crippen molar-refractivity contribution in [2.24, 2.45) is 0 Å². The van der Waals surface area contributed by atoms with Crippen LogP contribution in [0.15, 0.2) is 41.1 Å². The van der Waals surface area contributed by atoms with E-state index in [2.05, 4.69) is 15.0 Å². The fourth-order valence-corrected chi connectivity index (χ4v) is 3.46. The molecule has 1 saturated heterocycles. The van der Waals surface area contributed by atoms with Crippen molar-refractivity contribution in [1.82, 2.24) is 19.9 Å². The van der Waals surface area contributed by atoms with Crippen molar-refractivity contribution in [3.63, 3.8) is 0 Å². The third kappa shape index (κ3) is 4.00. The second-order valence-corrected chi connectivity index (χ2v) is 6.83. The molecule has 0 spiro atoms. The van der Waals surface area contributed by atoms with E-state index in [1.54, 1.807) is 6.07 Å². The van der Waals surface area contributed by atoms with E-state index in [4.69, 9.17) is 4.52 Å². The van der Waals surface area contributed by atoms with Crippen LogP contribution < -0.4 is 0 Å². The lowest BCUT2D eigenvalue weighted by molar-refractivity contribution is -0.142. The molecule has 9 heteroatoms. The molecule has 2 aromatic heterocycles. The largest absolute Gasteiger partial charge is 0.433 e. The molecule has 1 aliphatic rings. The molecule has 0 atom stereocenters. The molecule has 0 unspecified atom stereocenters. The monoisotopic (exact) mass is 394 g/mol. The van der Waals surface area contributed by atoms with Gasteiger partial charge in [-0.3, -0.25) is 14.8 Å². The summed E-state index contributed by atoms with van der Waals surface area (Å²) in [5, 5.41) is 4.80. The Bertz CT molecular complexity index is 964. The molecular formula is C19H18F4N4O. The first kappa shape index (κ1) is 18.8. The first-order valence-corrected chi connectivity index (χ1v) is 8.90. The molecule has 5 nitrogen and oxygen atoms in total. The molecule has 1 aliphatic heterocycles. The molecule has 3 heterocycles. The van der Waals surface area contributed by atoms with Gasteiger partial charge in [-0.15, -0.1) is 0 Å².